The maximum Gasteiger partial charge on any atom is 0.422 e. The van der Waals surface area contributed by atoms with Gasteiger partial charge in [0.2, 0.25) is 5.54 Å². The van der Waals surface area contributed by atoms with Crippen LogP contribution in [0, 0.1) is 6.92 Å². The second-order valence-electron chi connectivity index (χ2n) is 4.43. The molecule has 4 nitrogen and oxygen atoms in total. The third kappa shape index (κ3) is 2.95. The first kappa shape index (κ1) is 16.5. The summed E-state index contributed by atoms with van der Waals surface area (Å²) in [5, 5.41) is 10.3. The van der Waals surface area contributed by atoms with E-state index >= 15 is 0 Å². The Morgan fingerprint density at radius 2 is 1.95 bits per heavy atom. The molecule has 0 aliphatic carbocycles. The second-order valence-corrected chi connectivity index (χ2v) is 5.68. The molecule has 0 radical (unpaired) electrons. The maximum atomic E-state index is 12.8. The van der Waals surface area contributed by atoms with Gasteiger partial charge in [0.1, 0.15) is 0 Å². The van der Waals surface area contributed by atoms with Crippen LogP contribution in [0.3, 0.4) is 0 Å². The van der Waals surface area contributed by atoms with Crippen molar-refractivity contribution in [3.63, 3.8) is 0 Å². The van der Waals surface area contributed by atoms with Crippen LogP contribution in [0.15, 0.2) is 6.07 Å². The summed E-state index contributed by atoms with van der Waals surface area (Å²) in [6.07, 6.45) is -4.44. The Morgan fingerprint density at radius 1 is 1.40 bits per heavy atom. The van der Waals surface area contributed by atoms with Gasteiger partial charge in [-0.1, -0.05) is 6.92 Å². The largest absolute Gasteiger partial charge is 0.479 e. The third-order valence-corrected chi connectivity index (χ3v) is 4.08. The second kappa shape index (κ2) is 5.43. The molecule has 1 amide bonds. The molecule has 1 aromatic heterocycles. The minimum atomic E-state index is -5.09. The number of alkyl halides is 3. The summed E-state index contributed by atoms with van der Waals surface area (Å²) in [4.78, 5) is 23.5. The molecule has 20 heavy (non-hydrogen) atoms. The van der Waals surface area contributed by atoms with Gasteiger partial charge in [-0.05, 0) is 31.9 Å². The zero-order valence-electron chi connectivity index (χ0n) is 11.1. The van der Waals surface area contributed by atoms with Crippen molar-refractivity contribution in [3.8, 4) is 0 Å². The van der Waals surface area contributed by atoms with E-state index in [0.29, 0.717) is 13.3 Å². The molecule has 0 spiro atoms. The van der Waals surface area contributed by atoms with Crippen molar-refractivity contribution in [2.45, 2.75) is 38.9 Å². The molecule has 0 saturated heterocycles. The number of hydrogen-bond donors (Lipinski definition) is 2. The van der Waals surface area contributed by atoms with E-state index in [9.17, 15) is 22.8 Å². The van der Waals surface area contributed by atoms with Gasteiger partial charge in [-0.3, -0.25) is 4.79 Å². The minimum Gasteiger partial charge on any atom is -0.479 e. The molecule has 1 aromatic rings. The number of thiophene rings is 1. The van der Waals surface area contributed by atoms with Crippen LogP contribution >= 0.6 is 11.3 Å². The molecule has 112 valence electrons. The summed E-state index contributed by atoms with van der Waals surface area (Å²) in [6, 6.07) is 1.48. The average Bonchev–Trinajstić information content (AvgIpc) is 2.68. The van der Waals surface area contributed by atoms with Crippen LogP contribution in [0.25, 0.3) is 0 Å². The number of halogens is 3. The lowest BCUT2D eigenvalue weighted by atomic mass is 10.0. The molecule has 0 bridgehead atoms. The van der Waals surface area contributed by atoms with E-state index in [0.717, 1.165) is 21.8 Å². The smallest absolute Gasteiger partial charge is 0.422 e. The third-order valence-electron chi connectivity index (χ3n) is 2.98. The predicted octanol–water partition coefficient (Wildman–Crippen LogP) is 2.75. The first-order valence-corrected chi connectivity index (χ1v) is 6.56. The highest BCUT2D eigenvalue weighted by atomic mass is 32.1. The van der Waals surface area contributed by atoms with Crippen molar-refractivity contribution in [1.29, 1.82) is 0 Å². The Bertz CT molecular complexity index is 539. The SMILES string of the molecule is CCc1cc(C(=O)NC(C)(C(=O)O)C(F)(F)F)sc1C. The monoisotopic (exact) mass is 309 g/mol. The average molecular weight is 309 g/mol. The summed E-state index contributed by atoms with van der Waals surface area (Å²) in [5.74, 6) is -3.19. The molecule has 0 aliphatic rings. The highest BCUT2D eigenvalue weighted by molar-refractivity contribution is 7.14. The number of carbonyl (C=O) groups excluding carboxylic acids is 1. The number of carbonyl (C=O) groups is 2. The molecule has 2 N–H and O–H groups in total. The van der Waals surface area contributed by atoms with Crippen molar-refractivity contribution in [1.82, 2.24) is 5.32 Å². The van der Waals surface area contributed by atoms with E-state index in [2.05, 4.69) is 0 Å². The molecule has 1 unspecified atom stereocenters. The lowest BCUT2D eigenvalue weighted by Gasteiger charge is -2.28. The van der Waals surface area contributed by atoms with Gasteiger partial charge < -0.3 is 10.4 Å². The zero-order chi connectivity index (χ0) is 15.7. The van der Waals surface area contributed by atoms with E-state index in [1.165, 1.54) is 6.07 Å². The summed E-state index contributed by atoms with van der Waals surface area (Å²) in [6.45, 7) is 4.03. The lowest BCUT2D eigenvalue weighted by molar-refractivity contribution is -0.203. The molecular formula is C12H14F3NO3S. The standard InChI is InChI=1S/C12H14F3NO3S/c1-4-7-5-8(20-6(7)2)9(17)16-11(3,10(18)19)12(13,14)15/h5H,4H2,1-3H3,(H,16,17)(H,18,19). The van der Waals surface area contributed by atoms with Crippen LogP contribution in [0.1, 0.15) is 34.0 Å². The van der Waals surface area contributed by atoms with Crippen molar-refractivity contribution in [3.05, 3.63) is 21.4 Å². The number of nitrogens with one attached hydrogen (secondary N) is 1. The van der Waals surface area contributed by atoms with E-state index in [1.54, 1.807) is 12.2 Å². The molecule has 1 atom stereocenters. The predicted molar refractivity (Wildman–Crippen MR) is 68.0 cm³/mol. The number of aliphatic carboxylic acids is 1. The topological polar surface area (TPSA) is 66.4 Å². The van der Waals surface area contributed by atoms with Crippen molar-refractivity contribution in [2.75, 3.05) is 0 Å². The van der Waals surface area contributed by atoms with Crippen LogP contribution in [0.4, 0.5) is 13.2 Å². The highest BCUT2D eigenvalue weighted by Gasteiger charge is 2.58. The number of aryl methyl sites for hydroxylation is 2. The summed E-state index contributed by atoms with van der Waals surface area (Å²) < 4.78 is 38.4. The first-order valence-electron chi connectivity index (χ1n) is 5.75. The summed E-state index contributed by atoms with van der Waals surface area (Å²) in [5.41, 5.74) is -2.46. The molecule has 1 rings (SSSR count). The number of hydrogen-bond acceptors (Lipinski definition) is 3. The van der Waals surface area contributed by atoms with Gasteiger partial charge in [0.15, 0.2) is 0 Å². The molecule has 8 heteroatoms. The number of amides is 1. The fourth-order valence-electron chi connectivity index (χ4n) is 1.52. The van der Waals surface area contributed by atoms with Crippen molar-refractivity contribution >= 4 is 23.2 Å². The van der Waals surface area contributed by atoms with Crippen LogP contribution in [0.2, 0.25) is 0 Å². The van der Waals surface area contributed by atoms with Gasteiger partial charge in [0.05, 0.1) is 4.88 Å². The van der Waals surface area contributed by atoms with E-state index < -0.39 is 23.6 Å². The Kier molecular flexibility index (Phi) is 4.48. The fourth-order valence-corrected chi connectivity index (χ4v) is 2.53. The zero-order valence-corrected chi connectivity index (χ0v) is 11.9. The minimum absolute atomic E-state index is 0.0658. The Hall–Kier alpha value is -1.57. The van der Waals surface area contributed by atoms with Crippen LogP contribution in [-0.4, -0.2) is 28.7 Å². The molecule has 0 aliphatic heterocycles. The van der Waals surface area contributed by atoms with E-state index in [1.807, 2.05) is 6.92 Å². The molecular weight excluding hydrogens is 295 g/mol. The number of carboxylic acids is 1. The van der Waals surface area contributed by atoms with Gasteiger partial charge in [0.25, 0.3) is 5.91 Å². The fraction of sp³-hybridized carbons (Fsp3) is 0.500. The Balaban J connectivity index is 3.06. The highest BCUT2D eigenvalue weighted by Crippen LogP contribution is 2.31. The van der Waals surface area contributed by atoms with Crippen molar-refractivity contribution in [2.24, 2.45) is 0 Å². The number of carboxylic acid groups (broad SMARTS) is 1. The quantitative estimate of drug-likeness (QED) is 0.899. The van der Waals surface area contributed by atoms with Crippen LogP contribution in [0.5, 0.6) is 0 Å². The molecule has 0 fully saturated rings. The van der Waals surface area contributed by atoms with Gasteiger partial charge >= 0.3 is 12.1 Å². The van der Waals surface area contributed by atoms with Gasteiger partial charge in [-0.2, -0.15) is 13.2 Å². The van der Waals surface area contributed by atoms with Gasteiger partial charge in [-0.15, -0.1) is 11.3 Å². The van der Waals surface area contributed by atoms with E-state index in [4.69, 9.17) is 5.11 Å². The summed E-state index contributed by atoms with van der Waals surface area (Å²) >= 11 is 1.04. The number of rotatable bonds is 4. The normalized spacial score (nSPS) is 14.7. The molecule has 0 saturated carbocycles. The lowest BCUT2D eigenvalue weighted by Crippen LogP contribution is -2.61. The summed E-state index contributed by atoms with van der Waals surface area (Å²) in [7, 11) is 0. The maximum absolute atomic E-state index is 12.8. The van der Waals surface area contributed by atoms with Crippen LogP contribution < -0.4 is 5.32 Å². The van der Waals surface area contributed by atoms with Crippen LogP contribution in [-0.2, 0) is 11.2 Å². The molecule has 1 heterocycles. The van der Waals surface area contributed by atoms with Gasteiger partial charge in [-0.25, -0.2) is 4.79 Å². The first-order chi connectivity index (χ1) is 9.02. The Morgan fingerprint density at radius 3 is 2.30 bits per heavy atom. The Labute approximate surface area is 117 Å². The van der Waals surface area contributed by atoms with E-state index in [-0.39, 0.29) is 4.88 Å². The van der Waals surface area contributed by atoms with Gasteiger partial charge in [0, 0.05) is 4.88 Å². The van der Waals surface area contributed by atoms with Crippen molar-refractivity contribution < 1.29 is 27.9 Å². The molecule has 0 aromatic carbocycles.